The van der Waals surface area contributed by atoms with Crippen LogP contribution in [0.15, 0.2) is 55.0 Å². The second kappa shape index (κ2) is 8.69. The Hall–Kier alpha value is -3.81. The van der Waals surface area contributed by atoms with Crippen molar-refractivity contribution in [3.05, 3.63) is 60.7 Å². The minimum Gasteiger partial charge on any atom is -0.456 e. The third kappa shape index (κ3) is 5.60. The summed E-state index contributed by atoms with van der Waals surface area (Å²) in [5.74, 6) is 1.02. The Morgan fingerprint density at radius 3 is 2.37 bits per heavy atom. The molecule has 0 aliphatic carbocycles. The summed E-state index contributed by atoms with van der Waals surface area (Å²) in [6, 6.07) is 10.0. The van der Waals surface area contributed by atoms with E-state index in [0.29, 0.717) is 17.3 Å². The molecule has 8 heteroatoms. The minimum absolute atomic E-state index is 0.296. The maximum atomic E-state index is 11.9. The normalized spacial score (nSPS) is 10.9. The van der Waals surface area contributed by atoms with Crippen molar-refractivity contribution >= 4 is 17.8 Å². The Morgan fingerprint density at radius 1 is 0.933 bits per heavy atom. The topological polar surface area (TPSA) is 106 Å². The highest BCUT2D eigenvalue weighted by Crippen LogP contribution is 2.26. The lowest BCUT2D eigenvalue weighted by molar-refractivity contribution is -0.127. The average Bonchev–Trinajstić information content (AvgIpc) is 2.69. The number of nitrogens with one attached hydrogen (secondary N) is 2. The second-order valence-electron chi connectivity index (χ2n) is 7.70. The molecule has 0 saturated heterocycles. The van der Waals surface area contributed by atoms with Crippen LogP contribution in [0.25, 0.3) is 11.3 Å². The van der Waals surface area contributed by atoms with Crippen LogP contribution in [0.1, 0.15) is 26.5 Å². The number of carbonyl (C=O) groups excluding carboxylic acids is 2. The van der Waals surface area contributed by atoms with Gasteiger partial charge in [-0.05, 0) is 37.3 Å². The number of aryl methyl sites for hydroxylation is 1. The number of ether oxygens (including phenoxy) is 1. The van der Waals surface area contributed by atoms with Crippen molar-refractivity contribution in [3.8, 4) is 22.8 Å². The van der Waals surface area contributed by atoms with Gasteiger partial charge in [0, 0.05) is 35.1 Å². The zero-order valence-corrected chi connectivity index (χ0v) is 17.3. The molecule has 0 bridgehead atoms. The SMILES string of the molecule is Cc1cc(-c2cc(Oc3ccc(NC(=O)NC(=O)C(C)(C)C)nc3)ccn2)ccn1. The standard InChI is InChI=1S/C22H23N5O3/c1-14-11-15(7-9-23-14)18-12-16(8-10-24-18)30-17-5-6-19(25-13-17)26-21(29)27-20(28)22(2,3)4/h5-13H,1-4H3,(H2,25,26,27,28,29). The number of pyridine rings is 3. The van der Waals surface area contributed by atoms with Crippen LogP contribution in [0.4, 0.5) is 10.6 Å². The molecular weight excluding hydrogens is 382 g/mol. The van der Waals surface area contributed by atoms with Crippen LogP contribution in [0.2, 0.25) is 0 Å². The number of urea groups is 1. The number of carbonyl (C=O) groups is 2. The molecule has 0 aliphatic heterocycles. The molecule has 0 fully saturated rings. The first-order chi connectivity index (χ1) is 14.2. The Labute approximate surface area is 174 Å². The predicted octanol–water partition coefficient (Wildman–Crippen LogP) is 4.33. The van der Waals surface area contributed by atoms with Crippen molar-refractivity contribution in [1.82, 2.24) is 20.3 Å². The highest BCUT2D eigenvalue weighted by molar-refractivity contribution is 6.02. The molecule has 0 atom stereocenters. The second-order valence-corrected chi connectivity index (χ2v) is 7.70. The van der Waals surface area contributed by atoms with E-state index in [1.807, 2.05) is 25.1 Å². The van der Waals surface area contributed by atoms with Crippen molar-refractivity contribution in [1.29, 1.82) is 0 Å². The van der Waals surface area contributed by atoms with E-state index in [0.717, 1.165) is 17.0 Å². The van der Waals surface area contributed by atoms with Gasteiger partial charge in [-0.25, -0.2) is 9.78 Å². The van der Waals surface area contributed by atoms with Crippen molar-refractivity contribution in [2.45, 2.75) is 27.7 Å². The van der Waals surface area contributed by atoms with Gasteiger partial charge in [0.2, 0.25) is 5.91 Å². The number of anilines is 1. The first-order valence-corrected chi connectivity index (χ1v) is 9.36. The van der Waals surface area contributed by atoms with Gasteiger partial charge in [-0.1, -0.05) is 20.8 Å². The summed E-state index contributed by atoms with van der Waals surface area (Å²) in [6.45, 7) is 7.09. The monoisotopic (exact) mass is 405 g/mol. The van der Waals surface area contributed by atoms with Crippen LogP contribution in [0.5, 0.6) is 11.5 Å². The summed E-state index contributed by atoms with van der Waals surface area (Å²) >= 11 is 0. The molecule has 3 rings (SSSR count). The van der Waals surface area contributed by atoms with E-state index in [2.05, 4.69) is 25.6 Å². The lowest BCUT2D eigenvalue weighted by Crippen LogP contribution is -2.41. The summed E-state index contributed by atoms with van der Waals surface area (Å²) in [6.07, 6.45) is 4.89. The highest BCUT2D eigenvalue weighted by atomic mass is 16.5. The maximum absolute atomic E-state index is 11.9. The van der Waals surface area contributed by atoms with Crippen molar-refractivity contribution < 1.29 is 14.3 Å². The Bertz CT molecular complexity index is 1060. The number of aromatic nitrogens is 3. The van der Waals surface area contributed by atoms with Crippen molar-refractivity contribution in [2.24, 2.45) is 5.41 Å². The summed E-state index contributed by atoms with van der Waals surface area (Å²) < 4.78 is 5.84. The lowest BCUT2D eigenvalue weighted by Gasteiger charge is -2.16. The Morgan fingerprint density at radius 2 is 1.70 bits per heavy atom. The fraction of sp³-hybridized carbons (Fsp3) is 0.227. The molecule has 0 radical (unpaired) electrons. The smallest absolute Gasteiger partial charge is 0.327 e. The molecule has 3 heterocycles. The predicted molar refractivity (Wildman–Crippen MR) is 113 cm³/mol. The van der Waals surface area contributed by atoms with Crippen molar-refractivity contribution in [2.75, 3.05) is 5.32 Å². The fourth-order valence-electron chi connectivity index (χ4n) is 2.43. The summed E-state index contributed by atoms with van der Waals surface area (Å²) in [5.41, 5.74) is 1.95. The molecule has 0 aromatic carbocycles. The summed E-state index contributed by atoms with van der Waals surface area (Å²) in [4.78, 5) is 36.5. The van der Waals surface area contributed by atoms with Crippen LogP contribution in [0.3, 0.4) is 0 Å². The van der Waals surface area contributed by atoms with Gasteiger partial charge in [0.25, 0.3) is 0 Å². The molecular formula is C22H23N5O3. The van der Waals surface area contributed by atoms with Crippen molar-refractivity contribution in [3.63, 3.8) is 0 Å². The third-order valence-corrected chi connectivity index (χ3v) is 4.05. The van der Waals surface area contributed by atoms with E-state index >= 15 is 0 Å². The molecule has 0 aliphatic rings. The van der Waals surface area contributed by atoms with E-state index in [9.17, 15) is 9.59 Å². The van der Waals surface area contributed by atoms with Gasteiger partial charge in [-0.15, -0.1) is 0 Å². The molecule has 0 spiro atoms. The Kier molecular flexibility index (Phi) is 6.06. The fourth-order valence-corrected chi connectivity index (χ4v) is 2.43. The van der Waals surface area contributed by atoms with Crippen LogP contribution < -0.4 is 15.4 Å². The lowest BCUT2D eigenvalue weighted by atomic mass is 9.96. The number of amides is 3. The molecule has 0 saturated carbocycles. The molecule has 154 valence electrons. The van der Waals surface area contributed by atoms with E-state index in [1.165, 1.54) is 6.20 Å². The maximum Gasteiger partial charge on any atom is 0.327 e. The first-order valence-electron chi connectivity index (χ1n) is 9.36. The number of rotatable bonds is 4. The number of hydrogen-bond donors (Lipinski definition) is 2. The van der Waals surface area contributed by atoms with Gasteiger partial charge in [0.05, 0.1) is 11.9 Å². The van der Waals surface area contributed by atoms with Crippen LogP contribution in [-0.2, 0) is 4.79 Å². The van der Waals surface area contributed by atoms with E-state index in [4.69, 9.17) is 4.74 Å². The van der Waals surface area contributed by atoms with E-state index in [1.54, 1.807) is 51.4 Å². The quantitative estimate of drug-likeness (QED) is 0.669. The van der Waals surface area contributed by atoms with Gasteiger partial charge < -0.3 is 4.74 Å². The van der Waals surface area contributed by atoms with Gasteiger partial charge in [0.1, 0.15) is 17.3 Å². The molecule has 3 aromatic rings. The molecule has 8 nitrogen and oxygen atoms in total. The number of imide groups is 1. The third-order valence-electron chi connectivity index (χ3n) is 4.05. The zero-order valence-electron chi connectivity index (χ0n) is 17.3. The highest BCUT2D eigenvalue weighted by Gasteiger charge is 2.23. The molecule has 2 N–H and O–H groups in total. The number of hydrogen-bond acceptors (Lipinski definition) is 6. The van der Waals surface area contributed by atoms with Crippen LogP contribution >= 0.6 is 0 Å². The van der Waals surface area contributed by atoms with Crippen LogP contribution in [0, 0.1) is 12.3 Å². The zero-order chi connectivity index (χ0) is 21.7. The first kappa shape index (κ1) is 20.9. The molecule has 3 amide bonds. The molecule has 30 heavy (non-hydrogen) atoms. The van der Waals surface area contributed by atoms with Gasteiger partial charge in [-0.3, -0.25) is 25.4 Å². The molecule has 3 aromatic heterocycles. The van der Waals surface area contributed by atoms with Gasteiger partial charge in [-0.2, -0.15) is 0 Å². The Balaban J connectivity index is 1.64. The largest absolute Gasteiger partial charge is 0.456 e. The molecule has 0 unspecified atom stereocenters. The number of nitrogens with zero attached hydrogens (tertiary/aromatic N) is 3. The van der Waals surface area contributed by atoms with Crippen LogP contribution in [-0.4, -0.2) is 26.9 Å². The van der Waals surface area contributed by atoms with E-state index < -0.39 is 11.4 Å². The minimum atomic E-state index is -0.666. The van der Waals surface area contributed by atoms with Gasteiger partial charge in [0.15, 0.2) is 0 Å². The van der Waals surface area contributed by atoms with E-state index in [-0.39, 0.29) is 5.91 Å². The average molecular weight is 405 g/mol. The summed E-state index contributed by atoms with van der Waals surface area (Å²) in [7, 11) is 0. The van der Waals surface area contributed by atoms with Gasteiger partial charge >= 0.3 is 6.03 Å². The summed E-state index contributed by atoms with van der Waals surface area (Å²) in [5, 5.41) is 4.80.